The molecule has 98 valence electrons. The third-order valence-corrected chi connectivity index (χ3v) is 6.34. The van der Waals surface area contributed by atoms with E-state index in [0.29, 0.717) is 0 Å². The Morgan fingerprint density at radius 3 is 2.76 bits per heavy atom. The summed E-state index contributed by atoms with van der Waals surface area (Å²) in [7, 11) is 0. The summed E-state index contributed by atoms with van der Waals surface area (Å²) in [5, 5.41) is 4.72. The SMILES string of the molecule is CSC1CCN(CC2NCC3CCCC32)CC1. The van der Waals surface area contributed by atoms with Gasteiger partial charge in [0.2, 0.25) is 0 Å². The van der Waals surface area contributed by atoms with Gasteiger partial charge < -0.3 is 10.2 Å². The Morgan fingerprint density at radius 2 is 2.00 bits per heavy atom. The van der Waals surface area contributed by atoms with Gasteiger partial charge in [-0.15, -0.1) is 0 Å². The van der Waals surface area contributed by atoms with Gasteiger partial charge in [-0.2, -0.15) is 11.8 Å². The first-order valence-electron chi connectivity index (χ1n) is 7.35. The molecule has 0 radical (unpaired) electrons. The van der Waals surface area contributed by atoms with Gasteiger partial charge in [0.15, 0.2) is 0 Å². The lowest BCUT2D eigenvalue weighted by atomic mass is 9.93. The van der Waals surface area contributed by atoms with Crippen LogP contribution in [0.25, 0.3) is 0 Å². The molecule has 3 rings (SSSR count). The monoisotopic (exact) mass is 254 g/mol. The van der Waals surface area contributed by atoms with E-state index in [0.717, 1.165) is 23.1 Å². The van der Waals surface area contributed by atoms with Crippen molar-refractivity contribution >= 4 is 11.8 Å². The molecule has 0 bridgehead atoms. The second kappa shape index (κ2) is 5.50. The molecule has 1 saturated carbocycles. The fourth-order valence-electron chi connectivity index (χ4n) is 4.11. The number of hydrogen-bond donors (Lipinski definition) is 1. The molecule has 0 amide bonds. The van der Waals surface area contributed by atoms with Gasteiger partial charge in [-0.3, -0.25) is 0 Å². The zero-order chi connectivity index (χ0) is 11.7. The Labute approximate surface area is 110 Å². The zero-order valence-corrected chi connectivity index (χ0v) is 11.8. The molecule has 3 fully saturated rings. The normalized spacial score (nSPS) is 39.7. The van der Waals surface area contributed by atoms with Gasteiger partial charge in [-0.25, -0.2) is 0 Å². The van der Waals surface area contributed by atoms with Crippen LogP contribution < -0.4 is 5.32 Å². The summed E-state index contributed by atoms with van der Waals surface area (Å²) in [5.74, 6) is 2.03. The maximum Gasteiger partial charge on any atom is 0.0226 e. The number of hydrogen-bond acceptors (Lipinski definition) is 3. The summed E-state index contributed by atoms with van der Waals surface area (Å²) >= 11 is 2.06. The highest BCUT2D eigenvalue weighted by Gasteiger charge is 2.39. The van der Waals surface area contributed by atoms with Crippen molar-refractivity contribution in [2.75, 3.05) is 32.4 Å². The number of nitrogens with zero attached hydrogens (tertiary/aromatic N) is 1. The van der Waals surface area contributed by atoms with E-state index >= 15 is 0 Å². The molecule has 0 aromatic heterocycles. The van der Waals surface area contributed by atoms with Crippen LogP contribution in [0.4, 0.5) is 0 Å². The average Bonchev–Trinajstić information content (AvgIpc) is 2.95. The first kappa shape index (κ1) is 12.3. The van der Waals surface area contributed by atoms with Gasteiger partial charge in [-0.05, 0) is 63.4 Å². The lowest BCUT2D eigenvalue weighted by molar-refractivity contribution is 0.197. The predicted octanol–water partition coefficient (Wildman–Crippen LogP) is 2.20. The Hall–Kier alpha value is 0.270. The van der Waals surface area contributed by atoms with Crippen LogP contribution >= 0.6 is 11.8 Å². The second-order valence-electron chi connectivity index (χ2n) is 6.11. The van der Waals surface area contributed by atoms with E-state index in [4.69, 9.17) is 0 Å². The van der Waals surface area contributed by atoms with E-state index in [1.807, 2.05) is 0 Å². The van der Waals surface area contributed by atoms with Crippen molar-refractivity contribution < 1.29 is 0 Å². The number of piperidine rings is 1. The van der Waals surface area contributed by atoms with Gasteiger partial charge in [0, 0.05) is 17.8 Å². The molecule has 0 aromatic rings. The smallest absolute Gasteiger partial charge is 0.0226 e. The number of fused-ring (bicyclic) bond motifs is 1. The van der Waals surface area contributed by atoms with E-state index in [2.05, 4.69) is 28.2 Å². The van der Waals surface area contributed by atoms with Crippen molar-refractivity contribution in [1.82, 2.24) is 10.2 Å². The van der Waals surface area contributed by atoms with Gasteiger partial charge in [0.1, 0.15) is 0 Å². The van der Waals surface area contributed by atoms with E-state index in [1.165, 1.54) is 58.3 Å². The number of rotatable bonds is 3. The quantitative estimate of drug-likeness (QED) is 0.831. The molecule has 2 nitrogen and oxygen atoms in total. The molecule has 2 aliphatic heterocycles. The van der Waals surface area contributed by atoms with Crippen molar-refractivity contribution in [2.45, 2.75) is 43.4 Å². The van der Waals surface area contributed by atoms with Gasteiger partial charge in [0.25, 0.3) is 0 Å². The van der Waals surface area contributed by atoms with Crippen molar-refractivity contribution in [3.63, 3.8) is 0 Å². The standard InChI is InChI=1S/C14H26N2S/c1-17-12-5-7-16(8-6-12)10-14-13-4-2-3-11(13)9-15-14/h11-15H,2-10H2,1H3. The minimum Gasteiger partial charge on any atom is -0.312 e. The molecular weight excluding hydrogens is 228 g/mol. The summed E-state index contributed by atoms with van der Waals surface area (Å²) in [6.45, 7) is 5.29. The van der Waals surface area contributed by atoms with Crippen molar-refractivity contribution in [1.29, 1.82) is 0 Å². The molecular formula is C14H26N2S. The highest BCUT2D eigenvalue weighted by Crippen LogP contribution is 2.38. The van der Waals surface area contributed by atoms with E-state index in [9.17, 15) is 0 Å². The maximum absolute atomic E-state index is 3.78. The zero-order valence-electron chi connectivity index (χ0n) is 11.0. The molecule has 3 heteroatoms. The van der Waals surface area contributed by atoms with E-state index in [1.54, 1.807) is 0 Å². The van der Waals surface area contributed by atoms with Crippen LogP contribution in [0.15, 0.2) is 0 Å². The highest BCUT2D eigenvalue weighted by molar-refractivity contribution is 7.99. The lowest BCUT2D eigenvalue weighted by Crippen LogP contribution is -2.44. The van der Waals surface area contributed by atoms with Crippen LogP contribution in [0.5, 0.6) is 0 Å². The third-order valence-electron chi connectivity index (χ3n) is 5.20. The summed E-state index contributed by atoms with van der Waals surface area (Å²) < 4.78 is 0. The molecule has 2 saturated heterocycles. The topological polar surface area (TPSA) is 15.3 Å². The Morgan fingerprint density at radius 1 is 1.18 bits per heavy atom. The fourth-order valence-corrected chi connectivity index (χ4v) is 4.79. The molecule has 3 aliphatic rings. The maximum atomic E-state index is 3.78. The summed E-state index contributed by atoms with van der Waals surface area (Å²) in [5.41, 5.74) is 0. The molecule has 2 heterocycles. The van der Waals surface area contributed by atoms with Crippen LogP contribution in [0.3, 0.4) is 0 Å². The number of likely N-dealkylation sites (tertiary alicyclic amines) is 1. The number of thioether (sulfide) groups is 1. The molecule has 3 atom stereocenters. The van der Waals surface area contributed by atoms with E-state index in [-0.39, 0.29) is 0 Å². The van der Waals surface area contributed by atoms with E-state index < -0.39 is 0 Å². The molecule has 1 N–H and O–H groups in total. The molecule has 3 unspecified atom stereocenters. The third kappa shape index (κ3) is 2.66. The van der Waals surface area contributed by atoms with Crippen LogP contribution in [0.1, 0.15) is 32.1 Å². The van der Waals surface area contributed by atoms with Gasteiger partial charge >= 0.3 is 0 Å². The van der Waals surface area contributed by atoms with Gasteiger partial charge in [0.05, 0.1) is 0 Å². The number of nitrogens with one attached hydrogen (secondary N) is 1. The van der Waals surface area contributed by atoms with Crippen LogP contribution in [0, 0.1) is 11.8 Å². The lowest BCUT2D eigenvalue weighted by Gasteiger charge is -2.34. The van der Waals surface area contributed by atoms with Crippen molar-refractivity contribution in [3.05, 3.63) is 0 Å². The van der Waals surface area contributed by atoms with Crippen LogP contribution in [-0.2, 0) is 0 Å². The average molecular weight is 254 g/mol. The Bertz CT molecular complexity index is 251. The summed E-state index contributed by atoms with van der Waals surface area (Å²) in [6, 6.07) is 0.813. The van der Waals surface area contributed by atoms with Crippen molar-refractivity contribution in [2.24, 2.45) is 11.8 Å². The van der Waals surface area contributed by atoms with Crippen molar-refractivity contribution in [3.8, 4) is 0 Å². The highest BCUT2D eigenvalue weighted by atomic mass is 32.2. The summed E-state index contributed by atoms with van der Waals surface area (Å²) in [4.78, 5) is 2.71. The molecule has 1 aliphatic carbocycles. The summed E-state index contributed by atoms with van der Waals surface area (Å²) in [6.07, 6.45) is 9.54. The minimum absolute atomic E-state index is 0.813. The first-order chi connectivity index (χ1) is 8.36. The molecule has 17 heavy (non-hydrogen) atoms. The second-order valence-corrected chi connectivity index (χ2v) is 7.24. The van der Waals surface area contributed by atoms with Gasteiger partial charge in [-0.1, -0.05) is 6.42 Å². The Balaban J connectivity index is 1.48. The predicted molar refractivity (Wildman–Crippen MR) is 75.6 cm³/mol. The van der Waals surface area contributed by atoms with Crippen LogP contribution in [0.2, 0.25) is 0 Å². The van der Waals surface area contributed by atoms with Crippen LogP contribution in [-0.4, -0.2) is 48.6 Å². The largest absolute Gasteiger partial charge is 0.312 e. The molecule has 0 spiro atoms. The fraction of sp³-hybridized carbons (Fsp3) is 1.00. The Kier molecular flexibility index (Phi) is 3.98. The molecule has 0 aromatic carbocycles. The minimum atomic E-state index is 0.813. The first-order valence-corrected chi connectivity index (χ1v) is 8.64.